The second-order valence-corrected chi connectivity index (χ2v) is 6.15. The Morgan fingerprint density at radius 1 is 1.16 bits per heavy atom. The number of amides is 1. The normalized spacial score (nSPS) is 11.7. The van der Waals surface area contributed by atoms with Crippen molar-refractivity contribution in [1.82, 2.24) is 5.32 Å². The van der Waals surface area contributed by atoms with E-state index in [9.17, 15) is 4.79 Å². The van der Waals surface area contributed by atoms with Crippen molar-refractivity contribution in [2.75, 3.05) is 13.7 Å². The molecule has 1 amide bonds. The molecule has 1 atom stereocenters. The molecule has 0 spiro atoms. The highest BCUT2D eigenvalue weighted by atomic mass is 35.5. The maximum atomic E-state index is 12.6. The highest BCUT2D eigenvalue weighted by Gasteiger charge is 2.16. The summed E-state index contributed by atoms with van der Waals surface area (Å²) in [6.45, 7) is 6.44. The zero-order valence-corrected chi connectivity index (χ0v) is 15.8. The van der Waals surface area contributed by atoms with Crippen molar-refractivity contribution in [2.45, 2.75) is 33.2 Å². The van der Waals surface area contributed by atoms with Gasteiger partial charge in [-0.25, -0.2) is 0 Å². The van der Waals surface area contributed by atoms with Crippen LogP contribution in [0, 0.1) is 6.92 Å². The molecule has 0 radical (unpaired) electrons. The van der Waals surface area contributed by atoms with Crippen molar-refractivity contribution in [3.63, 3.8) is 0 Å². The van der Waals surface area contributed by atoms with Gasteiger partial charge in [0.25, 0.3) is 5.91 Å². The van der Waals surface area contributed by atoms with E-state index >= 15 is 0 Å². The van der Waals surface area contributed by atoms with E-state index in [2.05, 4.69) is 5.32 Å². The number of hydrogen-bond donors (Lipinski definition) is 1. The molecule has 0 fully saturated rings. The van der Waals surface area contributed by atoms with Gasteiger partial charge in [0.2, 0.25) is 0 Å². The summed E-state index contributed by atoms with van der Waals surface area (Å²) in [5.41, 5.74) is 2.60. The predicted octanol–water partition coefficient (Wildman–Crippen LogP) is 4.94. The minimum atomic E-state index is -0.162. The number of aryl methyl sites for hydroxylation is 1. The van der Waals surface area contributed by atoms with Crippen LogP contribution in [0.15, 0.2) is 36.4 Å². The summed E-state index contributed by atoms with van der Waals surface area (Å²) in [4.78, 5) is 12.6. The van der Waals surface area contributed by atoms with Crippen LogP contribution in [0.25, 0.3) is 0 Å². The van der Waals surface area contributed by atoms with E-state index in [4.69, 9.17) is 21.1 Å². The molecule has 2 aromatic carbocycles. The molecule has 0 heterocycles. The summed E-state index contributed by atoms with van der Waals surface area (Å²) in [5, 5.41) is 3.50. The third-order valence-corrected chi connectivity index (χ3v) is 4.32. The van der Waals surface area contributed by atoms with E-state index in [0.29, 0.717) is 22.9 Å². The molecule has 0 saturated heterocycles. The van der Waals surface area contributed by atoms with E-state index in [1.54, 1.807) is 25.3 Å². The molecule has 134 valence electrons. The molecule has 0 aliphatic rings. The fourth-order valence-electron chi connectivity index (χ4n) is 2.70. The van der Waals surface area contributed by atoms with E-state index < -0.39 is 0 Å². The number of nitrogens with one attached hydrogen (secondary N) is 1. The molecule has 2 aromatic rings. The number of hydrogen-bond acceptors (Lipinski definition) is 3. The molecule has 1 N–H and O–H groups in total. The molecule has 4 nitrogen and oxygen atoms in total. The van der Waals surface area contributed by atoms with Crippen LogP contribution in [-0.4, -0.2) is 19.6 Å². The van der Waals surface area contributed by atoms with Crippen molar-refractivity contribution in [2.24, 2.45) is 0 Å². The number of methoxy groups -OCH3 is 1. The van der Waals surface area contributed by atoms with Crippen LogP contribution in [0.3, 0.4) is 0 Å². The summed E-state index contributed by atoms with van der Waals surface area (Å²) in [7, 11) is 1.65. The van der Waals surface area contributed by atoms with Gasteiger partial charge in [0.05, 0.1) is 24.8 Å². The summed E-state index contributed by atoms with van der Waals surface area (Å²) in [5.74, 6) is 1.26. The van der Waals surface area contributed by atoms with Crippen molar-refractivity contribution in [1.29, 1.82) is 0 Å². The average molecular weight is 362 g/mol. The molecule has 2 rings (SSSR count). The Balaban J connectivity index is 2.17. The van der Waals surface area contributed by atoms with E-state index in [0.717, 1.165) is 23.3 Å². The smallest absolute Gasteiger partial charge is 0.251 e. The number of rotatable bonds is 7. The van der Waals surface area contributed by atoms with Crippen LogP contribution in [0.2, 0.25) is 5.02 Å². The van der Waals surface area contributed by atoms with Crippen molar-refractivity contribution >= 4 is 17.5 Å². The highest BCUT2D eigenvalue weighted by Crippen LogP contribution is 2.27. The van der Waals surface area contributed by atoms with E-state index in [1.807, 2.05) is 39.0 Å². The van der Waals surface area contributed by atoms with Gasteiger partial charge in [0, 0.05) is 5.56 Å². The van der Waals surface area contributed by atoms with Crippen LogP contribution < -0.4 is 14.8 Å². The van der Waals surface area contributed by atoms with Gasteiger partial charge in [-0.05, 0) is 55.7 Å². The van der Waals surface area contributed by atoms with Crippen LogP contribution in [0.1, 0.15) is 47.8 Å². The first-order valence-corrected chi connectivity index (χ1v) is 8.75. The minimum Gasteiger partial charge on any atom is -0.496 e. The lowest BCUT2D eigenvalue weighted by Crippen LogP contribution is -2.28. The van der Waals surface area contributed by atoms with Crippen molar-refractivity contribution in [3.05, 3.63) is 58.1 Å². The number of carbonyl (C=O) groups is 1. The first-order valence-electron chi connectivity index (χ1n) is 8.37. The Hall–Kier alpha value is -2.20. The second kappa shape index (κ2) is 8.77. The van der Waals surface area contributed by atoms with Crippen LogP contribution in [0.4, 0.5) is 0 Å². The molecule has 0 bridgehead atoms. The van der Waals surface area contributed by atoms with Gasteiger partial charge in [0.1, 0.15) is 11.5 Å². The molecule has 0 aliphatic heterocycles. The van der Waals surface area contributed by atoms with Gasteiger partial charge in [0.15, 0.2) is 0 Å². The lowest BCUT2D eigenvalue weighted by Gasteiger charge is -2.19. The van der Waals surface area contributed by atoms with Gasteiger partial charge >= 0.3 is 0 Å². The Kier molecular flexibility index (Phi) is 6.71. The highest BCUT2D eigenvalue weighted by molar-refractivity contribution is 6.32. The van der Waals surface area contributed by atoms with Crippen LogP contribution >= 0.6 is 11.6 Å². The first-order chi connectivity index (χ1) is 12.0. The number of benzene rings is 2. The monoisotopic (exact) mass is 361 g/mol. The number of carbonyl (C=O) groups excluding carboxylic acids is 1. The predicted molar refractivity (Wildman–Crippen MR) is 101 cm³/mol. The number of halogens is 1. The summed E-state index contributed by atoms with van der Waals surface area (Å²) >= 11 is 6.17. The topological polar surface area (TPSA) is 47.6 Å². The molecule has 0 aliphatic carbocycles. The SMILES string of the molecule is CCOc1ccc(C(=O)NC(CC)c2ccc(OC)c(C)c2)cc1Cl. The zero-order chi connectivity index (χ0) is 18.4. The molecular weight excluding hydrogens is 338 g/mol. The minimum absolute atomic E-state index is 0.0811. The maximum Gasteiger partial charge on any atom is 0.251 e. The van der Waals surface area contributed by atoms with Gasteiger partial charge in [-0.15, -0.1) is 0 Å². The average Bonchev–Trinajstić information content (AvgIpc) is 2.61. The Morgan fingerprint density at radius 3 is 2.44 bits per heavy atom. The van der Waals surface area contributed by atoms with E-state index in [-0.39, 0.29) is 11.9 Å². The maximum absolute atomic E-state index is 12.6. The molecule has 1 unspecified atom stereocenters. The molecular formula is C20H24ClNO3. The molecule has 0 aromatic heterocycles. The first kappa shape index (κ1) is 19.1. The fourth-order valence-corrected chi connectivity index (χ4v) is 2.93. The fraction of sp³-hybridized carbons (Fsp3) is 0.350. The van der Waals surface area contributed by atoms with Gasteiger partial charge in [-0.3, -0.25) is 4.79 Å². The molecule has 5 heteroatoms. The van der Waals surface area contributed by atoms with Crippen LogP contribution in [-0.2, 0) is 0 Å². The van der Waals surface area contributed by atoms with Crippen molar-refractivity contribution in [3.8, 4) is 11.5 Å². The Morgan fingerprint density at radius 2 is 1.88 bits per heavy atom. The van der Waals surface area contributed by atoms with E-state index in [1.165, 1.54) is 0 Å². The van der Waals surface area contributed by atoms with Gasteiger partial charge in [-0.2, -0.15) is 0 Å². The van der Waals surface area contributed by atoms with Crippen LogP contribution in [0.5, 0.6) is 11.5 Å². The summed E-state index contributed by atoms with van der Waals surface area (Å²) in [6, 6.07) is 10.9. The lowest BCUT2D eigenvalue weighted by molar-refractivity contribution is 0.0935. The number of ether oxygens (including phenoxy) is 2. The molecule has 0 saturated carbocycles. The molecule has 25 heavy (non-hydrogen) atoms. The van der Waals surface area contributed by atoms with Crippen molar-refractivity contribution < 1.29 is 14.3 Å². The van der Waals surface area contributed by atoms with Gasteiger partial charge < -0.3 is 14.8 Å². The Bertz CT molecular complexity index is 746. The Labute approximate surface area is 154 Å². The third kappa shape index (κ3) is 4.67. The summed E-state index contributed by atoms with van der Waals surface area (Å²) < 4.78 is 10.7. The second-order valence-electron chi connectivity index (χ2n) is 5.74. The lowest BCUT2D eigenvalue weighted by atomic mass is 10.0. The largest absolute Gasteiger partial charge is 0.496 e. The zero-order valence-electron chi connectivity index (χ0n) is 15.1. The quantitative estimate of drug-likeness (QED) is 0.760. The summed E-state index contributed by atoms with van der Waals surface area (Å²) in [6.07, 6.45) is 0.780. The standard InChI is InChI=1S/C20H24ClNO3/c1-5-17(14-7-9-18(24-4)13(3)11-14)22-20(23)15-8-10-19(25-6-2)16(21)12-15/h7-12,17H,5-6H2,1-4H3,(H,22,23). The van der Waals surface area contributed by atoms with Gasteiger partial charge in [-0.1, -0.05) is 30.7 Å². The third-order valence-electron chi connectivity index (χ3n) is 4.03.